The van der Waals surface area contributed by atoms with Gasteiger partial charge in [-0.25, -0.2) is 9.59 Å². The summed E-state index contributed by atoms with van der Waals surface area (Å²) in [6.45, 7) is 12.8. The maximum absolute atomic E-state index is 11.8. The average Bonchev–Trinajstić information content (AvgIpc) is 2.65. The molecule has 27 heavy (non-hydrogen) atoms. The van der Waals surface area contributed by atoms with Gasteiger partial charge in [0.05, 0.1) is 0 Å². The summed E-state index contributed by atoms with van der Waals surface area (Å²) in [6, 6.07) is 11.5. The van der Waals surface area contributed by atoms with E-state index >= 15 is 0 Å². The van der Waals surface area contributed by atoms with Gasteiger partial charge >= 0.3 is 11.9 Å². The molecule has 4 heteroatoms. The molecule has 4 nitrogen and oxygen atoms in total. The summed E-state index contributed by atoms with van der Waals surface area (Å²) in [5.41, 5.74) is 3.64. The number of hydrogen-bond donors (Lipinski definition) is 0. The average molecular weight is 364 g/mol. The van der Waals surface area contributed by atoms with Gasteiger partial charge in [-0.15, -0.1) is 0 Å². The Kier molecular flexibility index (Phi) is 6.72. The number of rotatable bonds is 7. The lowest BCUT2D eigenvalue weighted by molar-refractivity contribution is -0.129. The third-order valence-electron chi connectivity index (χ3n) is 4.25. The fourth-order valence-corrected chi connectivity index (χ4v) is 2.94. The van der Waals surface area contributed by atoms with Crippen molar-refractivity contribution in [2.24, 2.45) is 0 Å². The normalized spacial score (nSPS) is 10.4. The molecular formula is C23H24O4. The predicted octanol–water partition coefficient (Wildman–Crippen LogP) is 5.03. The van der Waals surface area contributed by atoms with E-state index in [0.717, 1.165) is 40.8 Å². The van der Waals surface area contributed by atoms with Crippen molar-refractivity contribution >= 4 is 11.9 Å². The SMILES string of the molecule is C=CC(=O)Oc1cc(C)ccc1C(CC)c1ccc(C)cc1OC(=O)C=C. The van der Waals surface area contributed by atoms with Crippen molar-refractivity contribution in [1.29, 1.82) is 0 Å². The molecule has 0 amide bonds. The van der Waals surface area contributed by atoms with Crippen molar-refractivity contribution in [3.63, 3.8) is 0 Å². The molecule has 0 radical (unpaired) electrons. The molecule has 0 atom stereocenters. The molecule has 0 aromatic heterocycles. The predicted molar refractivity (Wildman–Crippen MR) is 106 cm³/mol. The number of benzene rings is 2. The van der Waals surface area contributed by atoms with Gasteiger partial charge in [0.25, 0.3) is 0 Å². The number of carbonyl (C=O) groups excluding carboxylic acids is 2. The Morgan fingerprint density at radius 2 is 1.30 bits per heavy atom. The fraction of sp³-hybridized carbons (Fsp3) is 0.217. The number of esters is 2. The van der Waals surface area contributed by atoms with Crippen molar-refractivity contribution in [2.45, 2.75) is 33.1 Å². The molecule has 0 bridgehead atoms. The quantitative estimate of drug-likeness (QED) is 0.393. The Bertz CT molecular complexity index is 808. The molecule has 2 rings (SSSR count). The molecule has 140 valence electrons. The van der Waals surface area contributed by atoms with Gasteiger partial charge in [-0.3, -0.25) is 0 Å². The van der Waals surface area contributed by atoms with Crippen LogP contribution in [0.4, 0.5) is 0 Å². The van der Waals surface area contributed by atoms with E-state index in [2.05, 4.69) is 13.2 Å². The van der Waals surface area contributed by atoms with E-state index in [0.29, 0.717) is 11.5 Å². The van der Waals surface area contributed by atoms with Crippen molar-refractivity contribution in [3.05, 3.63) is 84.0 Å². The molecule has 0 N–H and O–H groups in total. The lowest BCUT2D eigenvalue weighted by atomic mass is 9.87. The Morgan fingerprint density at radius 1 is 0.889 bits per heavy atom. The third kappa shape index (κ3) is 4.94. The first-order valence-electron chi connectivity index (χ1n) is 8.79. The fourth-order valence-electron chi connectivity index (χ4n) is 2.94. The number of hydrogen-bond acceptors (Lipinski definition) is 4. The summed E-state index contributed by atoms with van der Waals surface area (Å²) in [5.74, 6) is -0.189. The zero-order valence-corrected chi connectivity index (χ0v) is 16.0. The van der Waals surface area contributed by atoms with Gasteiger partial charge in [0.15, 0.2) is 0 Å². The number of carbonyl (C=O) groups is 2. The highest BCUT2D eigenvalue weighted by Crippen LogP contribution is 2.39. The summed E-state index contributed by atoms with van der Waals surface area (Å²) in [5, 5.41) is 0. The van der Waals surface area contributed by atoms with E-state index in [4.69, 9.17) is 9.47 Å². The van der Waals surface area contributed by atoms with Crippen LogP contribution < -0.4 is 9.47 Å². The first-order valence-corrected chi connectivity index (χ1v) is 8.79. The van der Waals surface area contributed by atoms with Gasteiger partial charge in [-0.2, -0.15) is 0 Å². The molecule has 0 aliphatic rings. The summed E-state index contributed by atoms with van der Waals surface area (Å²) >= 11 is 0. The van der Waals surface area contributed by atoms with Crippen LogP contribution in [0.15, 0.2) is 61.7 Å². The highest BCUT2D eigenvalue weighted by molar-refractivity contribution is 5.84. The lowest BCUT2D eigenvalue weighted by Crippen LogP contribution is -2.11. The first-order chi connectivity index (χ1) is 12.9. The minimum Gasteiger partial charge on any atom is -0.423 e. The molecular weight excluding hydrogens is 340 g/mol. The van der Waals surface area contributed by atoms with E-state index in [-0.39, 0.29) is 5.92 Å². The Morgan fingerprint density at radius 3 is 1.63 bits per heavy atom. The molecule has 0 unspecified atom stereocenters. The molecule has 0 aliphatic carbocycles. The van der Waals surface area contributed by atoms with Crippen LogP contribution in [-0.2, 0) is 9.59 Å². The van der Waals surface area contributed by atoms with E-state index in [9.17, 15) is 9.59 Å². The Balaban J connectivity index is 2.57. The molecule has 0 spiro atoms. The van der Waals surface area contributed by atoms with Crippen molar-refractivity contribution in [2.75, 3.05) is 0 Å². The molecule has 0 fully saturated rings. The Labute approximate surface area is 160 Å². The first kappa shape index (κ1) is 20.2. The third-order valence-corrected chi connectivity index (χ3v) is 4.25. The molecule has 2 aromatic carbocycles. The molecule has 2 aromatic rings. The molecule has 0 aliphatic heterocycles. The van der Waals surface area contributed by atoms with Crippen LogP contribution >= 0.6 is 0 Å². The largest absolute Gasteiger partial charge is 0.423 e. The second kappa shape index (κ2) is 8.99. The number of aryl methyl sites for hydroxylation is 2. The van der Waals surface area contributed by atoms with Gasteiger partial charge in [-0.1, -0.05) is 44.3 Å². The minimum atomic E-state index is -0.515. The molecule has 0 heterocycles. The van der Waals surface area contributed by atoms with Crippen molar-refractivity contribution in [3.8, 4) is 11.5 Å². The monoisotopic (exact) mass is 364 g/mol. The van der Waals surface area contributed by atoms with Crippen LogP contribution in [0.25, 0.3) is 0 Å². The van der Waals surface area contributed by atoms with Gasteiger partial charge in [0.1, 0.15) is 11.5 Å². The highest BCUT2D eigenvalue weighted by Gasteiger charge is 2.22. The standard InChI is InChI=1S/C23H24O4/c1-6-17(18-11-9-15(4)13-20(18)26-22(24)7-2)19-12-10-16(5)14-21(19)27-23(25)8-3/h7-14,17H,2-3,6H2,1,4-5H3. The van der Waals surface area contributed by atoms with E-state index in [1.807, 2.05) is 57.2 Å². The summed E-state index contributed by atoms with van der Waals surface area (Å²) in [6.07, 6.45) is 3.00. The van der Waals surface area contributed by atoms with E-state index < -0.39 is 11.9 Å². The second-order valence-electron chi connectivity index (χ2n) is 6.29. The van der Waals surface area contributed by atoms with Gasteiger partial charge in [0.2, 0.25) is 0 Å². The second-order valence-corrected chi connectivity index (χ2v) is 6.29. The Hall–Kier alpha value is -3.14. The summed E-state index contributed by atoms with van der Waals surface area (Å²) in [4.78, 5) is 23.5. The van der Waals surface area contributed by atoms with Crippen LogP contribution in [-0.4, -0.2) is 11.9 Å². The van der Waals surface area contributed by atoms with E-state index in [1.165, 1.54) is 0 Å². The minimum absolute atomic E-state index is 0.119. The van der Waals surface area contributed by atoms with Gasteiger partial charge < -0.3 is 9.47 Å². The zero-order chi connectivity index (χ0) is 20.0. The molecule has 0 saturated heterocycles. The highest BCUT2D eigenvalue weighted by atomic mass is 16.5. The van der Waals surface area contributed by atoms with Gasteiger partial charge in [-0.05, 0) is 43.5 Å². The smallest absolute Gasteiger partial charge is 0.335 e. The summed E-state index contributed by atoms with van der Waals surface area (Å²) in [7, 11) is 0. The van der Waals surface area contributed by atoms with Crippen LogP contribution in [0.1, 0.15) is 41.5 Å². The molecule has 0 saturated carbocycles. The topological polar surface area (TPSA) is 52.6 Å². The maximum Gasteiger partial charge on any atom is 0.335 e. The van der Waals surface area contributed by atoms with E-state index in [1.54, 1.807) is 0 Å². The number of ether oxygens (including phenoxy) is 2. The van der Waals surface area contributed by atoms with Crippen LogP contribution in [0, 0.1) is 13.8 Å². The van der Waals surface area contributed by atoms with Crippen molar-refractivity contribution in [1.82, 2.24) is 0 Å². The maximum atomic E-state index is 11.8. The van der Waals surface area contributed by atoms with Crippen LogP contribution in [0.5, 0.6) is 11.5 Å². The lowest BCUT2D eigenvalue weighted by Gasteiger charge is -2.22. The van der Waals surface area contributed by atoms with Gasteiger partial charge in [0, 0.05) is 29.2 Å². The summed E-state index contributed by atoms with van der Waals surface area (Å²) < 4.78 is 10.9. The van der Waals surface area contributed by atoms with Crippen LogP contribution in [0.3, 0.4) is 0 Å². The van der Waals surface area contributed by atoms with Crippen LogP contribution in [0.2, 0.25) is 0 Å². The van der Waals surface area contributed by atoms with Crippen molar-refractivity contribution < 1.29 is 19.1 Å². The zero-order valence-electron chi connectivity index (χ0n) is 16.0.